The van der Waals surface area contributed by atoms with Gasteiger partial charge in [-0.2, -0.15) is 0 Å². The zero-order valence-electron chi connectivity index (χ0n) is 12.0. The maximum Gasteiger partial charge on any atom is 0.167 e. The Labute approximate surface area is 115 Å². The van der Waals surface area contributed by atoms with Gasteiger partial charge in [-0.1, -0.05) is 0 Å². The van der Waals surface area contributed by atoms with Gasteiger partial charge >= 0.3 is 0 Å². The van der Waals surface area contributed by atoms with Crippen LogP contribution in [0.25, 0.3) is 0 Å². The van der Waals surface area contributed by atoms with Crippen molar-refractivity contribution in [1.82, 2.24) is 5.32 Å². The monoisotopic (exact) mass is 261 g/mol. The highest BCUT2D eigenvalue weighted by Gasteiger charge is 2.22. The highest BCUT2D eigenvalue weighted by Crippen LogP contribution is 2.21. The molecule has 1 fully saturated rings. The van der Waals surface area contributed by atoms with E-state index in [9.17, 15) is 4.79 Å². The topological polar surface area (TPSA) is 38.3 Å². The number of carbonyl (C=O) groups excluding carboxylic acids is 1. The third kappa shape index (κ3) is 4.06. The van der Waals surface area contributed by atoms with Crippen LogP contribution in [0.5, 0.6) is 5.75 Å². The van der Waals surface area contributed by atoms with Crippen molar-refractivity contribution in [2.24, 2.45) is 5.92 Å². The van der Waals surface area contributed by atoms with Crippen LogP contribution in [0, 0.1) is 5.92 Å². The fourth-order valence-electron chi connectivity index (χ4n) is 2.35. The highest BCUT2D eigenvalue weighted by atomic mass is 16.5. The first-order chi connectivity index (χ1) is 8.96. The predicted octanol–water partition coefficient (Wildman–Crippen LogP) is 3.05. The summed E-state index contributed by atoms with van der Waals surface area (Å²) < 4.78 is 5.76. The first kappa shape index (κ1) is 14.1. The van der Waals surface area contributed by atoms with E-state index in [0.29, 0.717) is 0 Å². The van der Waals surface area contributed by atoms with Gasteiger partial charge in [-0.15, -0.1) is 0 Å². The number of benzene rings is 1. The van der Waals surface area contributed by atoms with Crippen molar-refractivity contribution in [1.29, 1.82) is 0 Å². The molecule has 3 nitrogen and oxygen atoms in total. The summed E-state index contributed by atoms with van der Waals surface area (Å²) in [7, 11) is 0. The van der Waals surface area contributed by atoms with E-state index in [4.69, 9.17) is 4.74 Å². The fourth-order valence-corrected chi connectivity index (χ4v) is 2.35. The molecule has 3 heteroatoms. The Kier molecular flexibility index (Phi) is 4.25. The molecular formula is C16H23NO2. The molecule has 1 aromatic carbocycles. The fraction of sp³-hybridized carbons (Fsp3) is 0.562. The normalized spacial score (nSPS) is 20.1. The van der Waals surface area contributed by atoms with E-state index in [2.05, 4.69) is 5.32 Å². The second-order valence-corrected chi connectivity index (χ2v) is 6.15. The Hall–Kier alpha value is -1.35. The van der Waals surface area contributed by atoms with Crippen molar-refractivity contribution in [2.45, 2.75) is 39.2 Å². The van der Waals surface area contributed by atoms with E-state index >= 15 is 0 Å². The van der Waals surface area contributed by atoms with Crippen LogP contribution in [-0.4, -0.2) is 24.5 Å². The van der Waals surface area contributed by atoms with Gasteiger partial charge in [0.2, 0.25) is 0 Å². The Balaban J connectivity index is 2.03. The van der Waals surface area contributed by atoms with Crippen molar-refractivity contribution in [3.05, 3.63) is 29.8 Å². The molecule has 0 bridgehead atoms. The van der Waals surface area contributed by atoms with Crippen LogP contribution in [0.15, 0.2) is 24.3 Å². The lowest BCUT2D eigenvalue weighted by molar-refractivity contribution is 0.0899. The Morgan fingerprint density at radius 1 is 1.26 bits per heavy atom. The van der Waals surface area contributed by atoms with E-state index in [1.807, 2.05) is 45.0 Å². The number of ketones is 1. The molecule has 0 aromatic heterocycles. The summed E-state index contributed by atoms with van der Waals surface area (Å²) in [4.78, 5) is 12.3. The molecule has 1 saturated heterocycles. The van der Waals surface area contributed by atoms with E-state index in [0.717, 1.165) is 37.2 Å². The maximum absolute atomic E-state index is 12.3. The summed E-state index contributed by atoms with van der Waals surface area (Å²) >= 11 is 0. The molecule has 104 valence electrons. The van der Waals surface area contributed by atoms with Gasteiger partial charge in [-0.25, -0.2) is 0 Å². The minimum Gasteiger partial charge on any atom is -0.488 e. The van der Waals surface area contributed by atoms with Crippen molar-refractivity contribution in [3.8, 4) is 5.75 Å². The minimum atomic E-state index is -0.210. The average molecular weight is 261 g/mol. The lowest BCUT2D eigenvalue weighted by Crippen LogP contribution is -2.34. The largest absolute Gasteiger partial charge is 0.488 e. The number of nitrogens with one attached hydrogen (secondary N) is 1. The number of ether oxygens (including phenoxy) is 1. The summed E-state index contributed by atoms with van der Waals surface area (Å²) in [6, 6.07) is 7.51. The molecule has 1 N–H and O–H groups in total. The third-order valence-corrected chi connectivity index (χ3v) is 3.23. The molecule has 0 saturated carbocycles. The van der Waals surface area contributed by atoms with Gasteiger partial charge in [0.05, 0.1) is 0 Å². The molecule has 19 heavy (non-hydrogen) atoms. The molecule has 1 atom stereocenters. The molecule has 0 radical (unpaired) electrons. The van der Waals surface area contributed by atoms with Crippen LogP contribution in [0.2, 0.25) is 0 Å². The Bertz CT molecular complexity index is 425. The maximum atomic E-state index is 12.3. The summed E-state index contributed by atoms with van der Waals surface area (Å²) in [5.74, 6) is 1.18. The SMILES string of the molecule is CC(C)(C)Oc1ccc(C(=O)C2CCCNC2)cc1. The number of hydrogen-bond donors (Lipinski definition) is 1. The van der Waals surface area contributed by atoms with Gasteiger partial charge in [0, 0.05) is 18.0 Å². The van der Waals surface area contributed by atoms with Gasteiger partial charge in [0.25, 0.3) is 0 Å². The second-order valence-electron chi connectivity index (χ2n) is 6.15. The van der Waals surface area contributed by atoms with E-state index in [1.54, 1.807) is 0 Å². The van der Waals surface area contributed by atoms with Crippen LogP contribution < -0.4 is 10.1 Å². The Morgan fingerprint density at radius 3 is 2.47 bits per heavy atom. The van der Waals surface area contributed by atoms with Crippen LogP contribution in [-0.2, 0) is 0 Å². The number of piperidine rings is 1. The van der Waals surface area contributed by atoms with Gasteiger partial charge in [-0.05, 0) is 64.4 Å². The highest BCUT2D eigenvalue weighted by molar-refractivity contribution is 5.98. The van der Waals surface area contributed by atoms with Crippen LogP contribution >= 0.6 is 0 Å². The molecule has 0 spiro atoms. The van der Waals surface area contributed by atoms with Gasteiger partial charge in [0.15, 0.2) is 5.78 Å². The molecule has 1 unspecified atom stereocenters. The summed E-state index contributed by atoms with van der Waals surface area (Å²) in [6.45, 7) is 7.88. The average Bonchev–Trinajstić information content (AvgIpc) is 2.38. The van der Waals surface area contributed by atoms with Crippen LogP contribution in [0.4, 0.5) is 0 Å². The van der Waals surface area contributed by atoms with Crippen molar-refractivity contribution in [2.75, 3.05) is 13.1 Å². The lowest BCUT2D eigenvalue weighted by atomic mass is 9.91. The Morgan fingerprint density at radius 2 is 1.95 bits per heavy atom. The lowest BCUT2D eigenvalue weighted by Gasteiger charge is -2.23. The van der Waals surface area contributed by atoms with E-state index < -0.39 is 0 Å². The summed E-state index contributed by atoms with van der Waals surface area (Å²) in [5.41, 5.74) is 0.577. The number of rotatable bonds is 3. The molecule has 1 aliphatic rings. The zero-order chi connectivity index (χ0) is 13.9. The standard InChI is InChI=1S/C16H23NO2/c1-16(2,3)19-14-8-6-12(7-9-14)15(18)13-5-4-10-17-11-13/h6-9,13,17H,4-5,10-11H2,1-3H3. The molecule has 0 aliphatic carbocycles. The predicted molar refractivity (Wildman–Crippen MR) is 76.7 cm³/mol. The van der Waals surface area contributed by atoms with Gasteiger partial charge < -0.3 is 10.1 Å². The van der Waals surface area contributed by atoms with Crippen LogP contribution in [0.3, 0.4) is 0 Å². The van der Waals surface area contributed by atoms with Crippen molar-refractivity contribution < 1.29 is 9.53 Å². The quantitative estimate of drug-likeness (QED) is 0.850. The van der Waals surface area contributed by atoms with Crippen molar-refractivity contribution >= 4 is 5.78 Å². The molecule has 1 aromatic rings. The zero-order valence-corrected chi connectivity index (χ0v) is 12.0. The first-order valence-electron chi connectivity index (χ1n) is 7.00. The third-order valence-electron chi connectivity index (χ3n) is 3.23. The second kappa shape index (κ2) is 5.74. The molecular weight excluding hydrogens is 238 g/mol. The first-order valence-corrected chi connectivity index (χ1v) is 7.00. The van der Waals surface area contributed by atoms with E-state index in [1.165, 1.54) is 0 Å². The summed E-state index contributed by atoms with van der Waals surface area (Å²) in [5, 5.41) is 3.28. The smallest absolute Gasteiger partial charge is 0.167 e. The molecule has 0 amide bonds. The van der Waals surface area contributed by atoms with Gasteiger partial charge in [-0.3, -0.25) is 4.79 Å². The number of hydrogen-bond acceptors (Lipinski definition) is 3. The van der Waals surface area contributed by atoms with E-state index in [-0.39, 0.29) is 17.3 Å². The van der Waals surface area contributed by atoms with Crippen LogP contribution in [0.1, 0.15) is 44.0 Å². The molecule has 2 rings (SSSR count). The molecule has 1 aliphatic heterocycles. The molecule has 1 heterocycles. The van der Waals surface area contributed by atoms with Crippen molar-refractivity contribution in [3.63, 3.8) is 0 Å². The number of carbonyl (C=O) groups is 1. The summed E-state index contributed by atoms with van der Waals surface area (Å²) in [6.07, 6.45) is 2.08. The number of Topliss-reactive ketones (excluding diaryl/α,β-unsaturated/α-hetero) is 1. The van der Waals surface area contributed by atoms with Gasteiger partial charge in [0.1, 0.15) is 11.4 Å². The minimum absolute atomic E-state index is 0.128.